The Kier molecular flexibility index (Phi) is 8.63. The van der Waals surface area contributed by atoms with Crippen molar-refractivity contribution in [2.24, 2.45) is 0 Å². The molecule has 0 fully saturated rings. The molecule has 1 atom stereocenters. The number of aryl methyl sites for hydroxylation is 2. The Morgan fingerprint density at radius 1 is 0.760 bits per heavy atom. The summed E-state index contributed by atoms with van der Waals surface area (Å²) in [7, 11) is 0. The Morgan fingerprint density at radius 3 is 2.26 bits per heavy atom. The lowest BCUT2D eigenvalue weighted by Gasteiger charge is -2.20. The van der Waals surface area contributed by atoms with Crippen LogP contribution in [0.1, 0.15) is 94.8 Å². The van der Waals surface area contributed by atoms with E-state index in [1.54, 1.807) is 0 Å². The van der Waals surface area contributed by atoms with E-state index in [-0.39, 0.29) is 5.41 Å². The molecule has 0 aliphatic heterocycles. The maximum atomic E-state index is 6.73. The van der Waals surface area contributed by atoms with Crippen LogP contribution in [-0.2, 0) is 5.41 Å². The average molecular weight is 661 g/mol. The molecule has 0 spiro atoms. The molecule has 7 aromatic rings. The minimum atomic E-state index is 0.00216. The molecule has 50 heavy (non-hydrogen) atoms. The molecule has 0 aliphatic rings. The van der Waals surface area contributed by atoms with E-state index in [1.807, 2.05) is 6.20 Å². The quantitative estimate of drug-likeness (QED) is 0.163. The van der Waals surface area contributed by atoms with Crippen LogP contribution in [0.4, 0.5) is 0 Å². The average Bonchev–Trinajstić information content (AvgIpc) is 3.61. The number of rotatable bonds is 8. The van der Waals surface area contributed by atoms with Gasteiger partial charge in [0, 0.05) is 34.7 Å². The van der Waals surface area contributed by atoms with Crippen LogP contribution in [0.2, 0.25) is 0 Å². The van der Waals surface area contributed by atoms with Gasteiger partial charge in [-0.25, -0.2) is 9.67 Å². The first-order valence-corrected chi connectivity index (χ1v) is 17.9. The fourth-order valence-corrected chi connectivity index (χ4v) is 7.09. The lowest BCUT2D eigenvalue weighted by Crippen LogP contribution is -2.12. The molecule has 3 aromatic heterocycles. The molecular weight excluding hydrogens is 613 g/mol. The number of pyridine rings is 1. The van der Waals surface area contributed by atoms with Crippen LogP contribution in [-0.4, -0.2) is 19.3 Å². The van der Waals surface area contributed by atoms with Gasteiger partial charge in [-0.1, -0.05) is 84.9 Å². The van der Waals surface area contributed by atoms with Crippen molar-refractivity contribution < 1.29 is 4.74 Å². The third-order valence-corrected chi connectivity index (χ3v) is 10.0. The largest absolute Gasteiger partial charge is 0.457 e. The summed E-state index contributed by atoms with van der Waals surface area (Å²) in [6.07, 6.45) is 2.94. The number of hydrogen-bond donors (Lipinski definition) is 0. The van der Waals surface area contributed by atoms with Crippen LogP contribution in [0.5, 0.6) is 11.5 Å². The molecule has 3 heterocycles. The van der Waals surface area contributed by atoms with Gasteiger partial charge in [0.25, 0.3) is 0 Å². The summed E-state index contributed by atoms with van der Waals surface area (Å²) in [6, 6.07) is 34.6. The molecule has 254 valence electrons. The third kappa shape index (κ3) is 6.10. The lowest BCUT2D eigenvalue weighted by molar-refractivity contribution is 0.482. The normalized spacial score (nSPS) is 12.7. The number of fused-ring (bicyclic) bond motifs is 3. The van der Waals surface area contributed by atoms with Crippen LogP contribution < -0.4 is 4.74 Å². The maximum Gasteiger partial charge on any atom is 0.137 e. The molecule has 4 aromatic carbocycles. The summed E-state index contributed by atoms with van der Waals surface area (Å²) in [6.45, 7) is 20.0. The Hall–Kier alpha value is -5.16. The molecule has 1 unspecified atom stereocenters. The van der Waals surface area contributed by atoms with Crippen molar-refractivity contribution in [3.63, 3.8) is 0 Å². The van der Waals surface area contributed by atoms with Crippen LogP contribution in [0.15, 0.2) is 103 Å². The fourth-order valence-electron chi connectivity index (χ4n) is 7.09. The molecule has 5 nitrogen and oxygen atoms in total. The van der Waals surface area contributed by atoms with Gasteiger partial charge in [0.05, 0.1) is 28.1 Å². The molecule has 0 saturated carbocycles. The van der Waals surface area contributed by atoms with E-state index in [0.717, 1.165) is 51.7 Å². The molecule has 7 rings (SSSR count). The second kappa shape index (κ2) is 12.9. The van der Waals surface area contributed by atoms with E-state index >= 15 is 0 Å². The van der Waals surface area contributed by atoms with E-state index in [4.69, 9.17) is 14.8 Å². The van der Waals surface area contributed by atoms with E-state index in [9.17, 15) is 0 Å². The zero-order valence-corrected chi connectivity index (χ0v) is 30.9. The van der Waals surface area contributed by atoms with Gasteiger partial charge in [-0.3, -0.25) is 4.57 Å². The molecule has 0 aliphatic carbocycles. The van der Waals surface area contributed by atoms with Gasteiger partial charge < -0.3 is 4.74 Å². The van der Waals surface area contributed by atoms with E-state index in [1.165, 1.54) is 38.7 Å². The van der Waals surface area contributed by atoms with Gasteiger partial charge in [0.15, 0.2) is 0 Å². The van der Waals surface area contributed by atoms with Crippen molar-refractivity contribution in [1.29, 1.82) is 0 Å². The first kappa shape index (κ1) is 33.3. The molecule has 0 bridgehead atoms. The van der Waals surface area contributed by atoms with Crippen molar-refractivity contribution in [3.8, 4) is 34.1 Å². The summed E-state index contributed by atoms with van der Waals surface area (Å²) in [5.41, 5.74) is 11.6. The summed E-state index contributed by atoms with van der Waals surface area (Å²) in [4.78, 5) is 4.90. The third-order valence-electron chi connectivity index (χ3n) is 10.0. The van der Waals surface area contributed by atoms with Crippen LogP contribution in [0.3, 0.4) is 0 Å². The highest BCUT2D eigenvalue weighted by Gasteiger charge is 2.23. The van der Waals surface area contributed by atoms with Crippen LogP contribution >= 0.6 is 0 Å². The second-order valence-corrected chi connectivity index (χ2v) is 15.1. The van der Waals surface area contributed by atoms with Crippen molar-refractivity contribution in [3.05, 3.63) is 131 Å². The zero-order chi connectivity index (χ0) is 35.3. The highest BCUT2D eigenvalue weighted by Crippen LogP contribution is 2.39. The number of aromatic nitrogens is 4. The van der Waals surface area contributed by atoms with Crippen LogP contribution in [0, 0.1) is 13.8 Å². The van der Waals surface area contributed by atoms with Gasteiger partial charge in [-0.15, -0.1) is 0 Å². The van der Waals surface area contributed by atoms with Crippen molar-refractivity contribution >= 4 is 21.8 Å². The monoisotopic (exact) mass is 660 g/mol. The predicted octanol–water partition coefficient (Wildman–Crippen LogP) is 12.4. The topological polar surface area (TPSA) is 44.9 Å². The highest BCUT2D eigenvalue weighted by atomic mass is 16.5. The summed E-state index contributed by atoms with van der Waals surface area (Å²) < 4.78 is 11.1. The molecular formula is C45H48N4O. The Morgan fingerprint density at radius 2 is 1.54 bits per heavy atom. The molecule has 0 N–H and O–H groups in total. The predicted molar refractivity (Wildman–Crippen MR) is 209 cm³/mol. The minimum absolute atomic E-state index is 0.00216. The smallest absolute Gasteiger partial charge is 0.137 e. The van der Waals surface area contributed by atoms with E-state index in [2.05, 4.69) is 169 Å². The molecule has 0 radical (unpaired) electrons. The second-order valence-electron chi connectivity index (χ2n) is 15.1. The van der Waals surface area contributed by atoms with Crippen molar-refractivity contribution in [2.45, 2.75) is 86.0 Å². The van der Waals surface area contributed by atoms with Gasteiger partial charge in [0.1, 0.15) is 17.3 Å². The molecule has 0 saturated heterocycles. The van der Waals surface area contributed by atoms with E-state index in [0.29, 0.717) is 11.8 Å². The van der Waals surface area contributed by atoms with Gasteiger partial charge >= 0.3 is 0 Å². The fraction of sp³-hybridized carbons (Fsp3) is 0.289. The number of nitrogens with zero attached hydrogens (tertiary/aromatic N) is 4. The minimum Gasteiger partial charge on any atom is -0.457 e. The summed E-state index contributed by atoms with van der Waals surface area (Å²) in [5, 5.41) is 7.52. The van der Waals surface area contributed by atoms with Gasteiger partial charge in [0.2, 0.25) is 0 Å². The summed E-state index contributed by atoms with van der Waals surface area (Å²) in [5.74, 6) is 3.22. The lowest BCUT2D eigenvalue weighted by atomic mass is 9.88. The van der Waals surface area contributed by atoms with E-state index < -0.39 is 0 Å². The Labute approximate surface area is 296 Å². The Bertz CT molecular complexity index is 2340. The summed E-state index contributed by atoms with van der Waals surface area (Å²) >= 11 is 0. The highest BCUT2D eigenvalue weighted by molar-refractivity contribution is 6.09. The first-order valence-electron chi connectivity index (χ1n) is 17.9. The van der Waals surface area contributed by atoms with Gasteiger partial charge in [-0.2, -0.15) is 5.10 Å². The SMILES string of the molecule is CCC(C)c1c(-c2ccccc2)c(C)nn1-c1cc(C)cc(Oc2ccc3c4cc(C(C)C)ccc4n(-c4cc(C(C)(C)C)ccn4)c3c2)c1. The number of hydrogen-bond acceptors (Lipinski definition) is 3. The number of ether oxygens (including phenoxy) is 1. The Balaban J connectivity index is 1.35. The zero-order valence-electron chi connectivity index (χ0n) is 30.9. The number of benzene rings is 4. The van der Waals surface area contributed by atoms with Crippen molar-refractivity contribution in [2.75, 3.05) is 0 Å². The van der Waals surface area contributed by atoms with Crippen molar-refractivity contribution in [1.82, 2.24) is 19.3 Å². The first-order chi connectivity index (χ1) is 23.9. The van der Waals surface area contributed by atoms with Crippen LogP contribution in [0.25, 0.3) is 44.4 Å². The molecule has 0 amide bonds. The van der Waals surface area contributed by atoms with Gasteiger partial charge in [-0.05, 0) is 108 Å². The maximum absolute atomic E-state index is 6.73. The molecule has 5 heteroatoms. The standard InChI is InChI=1S/C45H48N4O/c1-10-30(5)44-43(32-14-12-11-13-15-32)31(6)47-49(44)35-22-29(4)23-37(26-35)50-36-17-18-38-39-24-33(28(2)3)16-19-40(39)48(41(38)27-36)42-25-34(20-21-46-42)45(7,8)9/h11-28,30H,10H2,1-9H3.